The minimum atomic E-state index is 0.792. The van der Waals surface area contributed by atoms with E-state index < -0.39 is 0 Å². The fraction of sp³-hybridized carbons (Fsp3) is 1.00. The molecule has 1 fully saturated rings. The van der Waals surface area contributed by atoms with E-state index in [-0.39, 0.29) is 0 Å². The minimum absolute atomic E-state index is 0.792. The second-order valence-electron chi connectivity index (χ2n) is 2.87. The summed E-state index contributed by atoms with van der Waals surface area (Å²) < 4.78 is 5.05. The van der Waals surface area contributed by atoms with Crippen LogP contribution in [0.2, 0.25) is 0 Å². The molecule has 1 saturated heterocycles. The molecule has 1 unspecified atom stereocenters. The van der Waals surface area contributed by atoms with Gasteiger partial charge in [-0.05, 0) is 33.0 Å². The van der Waals surface area contributed by atoms with Gasteiger partial charge in [-0.3, -0.25) is 0 Å². The van der Waals surface area contributed by atoms with Crippen molar-refractivity contribution in [3.8, 4) is 0 Å². The molecule has 82 valence electrons. The lowest BCUT2D eigenvalue weighted by atomic mass is 10.1. The average Bonchev–Trinajstić information content (AvgIpc) is 2.59. The van der Waals surface area contributed by atoms with Gasteiger partial charge in [-0.25, -0.2) is 0 Å². The molecule has 3 nitrogen and oxygen atoms in total. The van der Waals surface area contributed by atoms with Gasteiger partial charge in [0.1, 0.15) is 0 Å². The molecule has 0 aromatic carbocycles. The highest BCUT2D eigenvalue weighted by Crippen LogP contribution is 2.13. The molecule has 1 aliphatic heterocycles. The molecule has 2 N–H and O–H groups in total. The fourth-order valence-corrected chi connectivity index (χ4v) is 1.40. The van der Waals surface area contributed by atoms with Crippen molar-refractivity contribution >= 4 is 0 Å². The molecule has 1 aliphatic rings. The summed E-state index contributed by atoms with van der Waals surface area (Å²) in [6.45, 7) is 7.40. The number of hydrogen-bond donors (Lipinski definition) is 1. The molecule has 0 aromatic heterocycles. The van der Waals surface area contributed by atoms with Crippen LogP contribution in [0.15, 0.2) is 0 Å². The summed E-state index contributed by atoms with van der Waals surface area (Å²) in [5, 5.41) is 0. The predicted molar refractivity (Wildman–Crippen MR) is 58.9 cm³/mol. The quantitative estimate of drug-likeness (QED) is 0.711. The van der Waals surface area contributed by atoms with Crippen molar-refractivity contribution in [2.45, 2.75) is 20.3 Å². The smallest absolute Gasteiger partial charge is 0.0503 e. The fourth-order valence-electron chi connectivity index (χ4n) is 1.40. The molecule has 0 saturated carbocycles. The van der Waals surface area contributed by atoms with Gasteiger partial charge in [0.2, 0.25) is 0 Å². The number of methoxy groups -OCH3 is 1. The Bertz CT molecular complexity index is 87.0. The van der Waals surface area contributed by atoms with Crippen LogP contribution in [0.5, 0.6) is 0 Å². The molecule has 1 atom stereocenters. The zero-order chi connectivity index (χ0) is 10.7. The summed E-state index contributed by atoms with van der Waals surface area (Å²) in [7, 11) is 5.44. The summed E-state index contributed by atoms with van der Waals surface area (Å²) >= 11 is 0. The molecule has 1 rings (SSSR count). The summed E-state index contributed by atoms with van der Waals surface area (Å²) in [5.41, 5.74) is 4.50. The van der Waals surface area contributed by atoms with E-state index in [1.54, 1.807) is 7.11 Å². The molecular formula is C10H26N2O. The Morgan fingerprint density at radius 3 is 2.23 bits per heavy atom. The molecule has 0 amide bonds. The van der Waals surface area contributed by atoms with E-state index in [1.807, 2.05) is 13.8 Å². The van der Waals surface area contributed by atoms with Crippen molar-refractivity contribution in [3.05, 3.63) is 0 Å². The molecular weight excluding hydrogens is 164 g/mol. The maximum absolute atomic E-state index is 5.05. The maximum atomic E-state index is 5.05. The van der Waals surface area contributed by atoms with E-state index in [4.69, 9.17) is 4.74 Å². The largest absolute Gasteiger partial charge is 0.384 e. The number of rotatable bonds is 2. The first-order valence-electron chi connectivity index (χ1n) is 5.08. The lowest BCUT2D eigenvalue weighted by Crippen LogP contribution is -2.16. The van der Waals surface area contributed by atoms with Crippen LogP contribution in [-0.2, 0) is 4.74 Å². The van der Waals surface area contributed by atoms with Gasteiger partial charge in [-0.15, -0.1) is 0 Å². The van der Waals surface area contributed by atoms with Crippen molar-refractivity contribution in [1.82, 2.24) is 4.90 Å². The Morgan fingerprint density at radius 2 is 1.92 bits per heavy atom. The Kier molecular flexibility index (Phi) is 14.0. The van der Waals surface area contributed by atoms with Crippen LogP contribution in [0.25, 0.3) is 0 Å². The second-order valence-corrected chi connectivity index (χ2v) is 2.87. The third-order valence-corrected chi connectivity index (χ3v) is 1.89. The zero-order valence-electron chi connectivity index (χ0n) is 9.84. The highest BCUT2D eigenvalue weighted by molar-refractivity contribution is 4.71. The zero-order valence-corrected chi connectivity index (χ0v) is 9.84. The van der Waals surface area contributed by atoms with Crippen LogP contribution in [0.3, 0.4) is 0 Å². The number of likely N-dealkylation sites (tertiary alicyclic amines) is 1. The normalized spacial score (nSPS) is 21.2. The van der Waals surface area contributed by atoms with Gasteiger partial charge in [0.25, 0.3) is 0 Å². The summed E-state index contributed by atoms with van der Waals surface area (Å²) in [5.74, 6) is 0.792. The van der Waals surface area contributed by atoms with Gasteiger partial charge in [0.15, 0.2) is 0 Å². The van der Waals surface area contributed by atoms with Crippen molar-refractivity contribution in [2.24, 2.45) is 11.7 Å². The van der Waals surface area contributed by atoms with Crippen LogP contribution < -0.4 is 5.73 Å². The number of nitrogens with two attached hydrogens (primary N) is 1. The molecule has 0 spiro atoms. The van der Waals surface area contributed by atoms with E-state index in [1.165, 1.54) is 26.6 Å². The number of ether oxygens (including phenoxy) is 1. The average molecular weight is 190 g/mol. The Labute approximate surface area is 83.2 Å². The Balaban J connectivity index is 0. The van der Waals surface area contributed by atoms with E-state index >= 15 is 0 Å². The monoisotopic (exact) mass is 190 g/mol. The standard InChI is InChI=1S/C7H15NO.C2H6.CH5N/c1-8-4-3-7(5-8)6-9-2;2*1-2/h7H,3-6H2,1-2H3;1-2H3;2H2,1H3. The van der Waals surface area contributed by atoms with E-state index in [9.17, 15) is 0 Å². The van der Waals surface area contributed by atoms with Gasteiger partial charge in [0, 0.05) is 13.7 Å². The first-order valence-corrected chi connectivity index (χ1v) is 5.08. The lowest BCUT2D eigenvalue weighted by Gasteiger charge is -2.07. The summed E-state index contributed by atoms with van der Waals surface area (Å²) in [6, 6.07) is 0. The first kappa shape index (κ1) is 15.4. The van der Waals surface area contributed by atoms with Crippen molar-refractivity contribution in [3.63, 3.8) is 0 Å². The van der Waals surface area contributed by atoms with Crippen LogP contribution in [-0.4, -0.2) is 45.8 Å². The molecule has 0 aromatic rings. The van der Waals surface area contributed by atoms with Crippen LogP contribution in [0.1, 0.15) is 20.3 Å². The molecule has 0 bridgehead atoms. The second kappa shape index (κ2) is 11.9. The van der Waals surface area contributed by atoms with Gasteiger partial charge < -0.3 is 15.4 Å². The minimum Gasteiger partial charge on any atom is -0.384 e. The third kappa shape index (κ3) is 8.22. The number of nitrogens with zero attached hydrogens (tertiary/aromatic N) is 1. The van der Waals surface area contributed by atoms with Gasteiger partial charge in [-0.2, -0.15) is 0 Å². The third-order valence-electron chi connectivity index (χ3n) is 1.89. The maximum Gasteiger partial charge on any atom is 0.0503 e. The van der Waals surface area contributed by atoms with Gasteiger partial charge in [-0.1, -0.05) is 13.8 Å². The SMILES string of the molecule is CC.CN.COCC1CCN(C)C1. The van der Waals surface area contributed by atoms with Gasteiger partial charge in [0.05, 0.1) is 6.61 Å². The Morgan fingerprint density at radius 1 is 1.38 bits per heavy atom. The summed E-state index contributed by atoms with van der Waals surface area (Å²) in [4.78, 5) is 2.35. The predicted octanol–water partition coefficient (Wildman–Crippen LogP) is 1.19. The van der Waals surface area contributed by atoms with Crippen LogP contribution in [0.4, 0.5) is 0 Å². The Hall–Kier alpha value is -0.120. The van der Waals surface area contributed by atoms with E-state index in [0.717, 1.165) is 12.5 Å². The van der Waals surface area contributed by atoms with Crippen molar-refractivity contribution in [2.75, 3.05) is 40.9 Å². The molecule has 1 heterocycles. The van der Waals surface area contributed by atoms with Crippen LogP contribution >= 0.6 is 0 Å². The van der Waals surface area contributed by atoms with Gasteiger partial charge >= 0.3 is 0 Å². The highest BCUT2D eigenvalue weighted by Gasteiger charge is 2.18. The van der Waals surface area contributed by atoms with Crippen molar-refractivity contribution < 1.29 is 4.74 Å². The number of hydrogen-bond acceptors (Lipinski definition) is 3. The van der Waals surface area contributed by atoms with Crippen LogP contribution in [0, 0.1) is 5.92 Å². The molecule has 3 heteroatoms. The molecule has 0 radical (unpaired) electrons. The molecule has 13 heavy (non-hydrogen) atoms. The summed E-state index contributed by atoms with van der Waals surface area (Å²) in [6.07, 6.45) is 1.31. The van der Waals surface area contributed by atoms with Crippen molar-refractivity contribution in [1.29, 1.82) is 0 Å². The molecule has 0 aliphatic carbocycles. The van der Waals surface area contributed by atoms with E-state index in [2.05, 4.69) is 17.7 Å². The lowest BCUT2D eigenvalue weighted by molar-refractivity contribution is 0.155. The highest BCUT2D eigenvalue weighted by atomic mass is 16.5. The van der Waals surface area contributed by atoms with E-state index in [0.29, 0.717) is 0 Å². The topological polar surface area (TPSA) is 38.5 Å². The first-order chi connectivity index (χ1) is 6.33.